The zero-order chi connectivity index (χ0) is 14.0. The molecule has 104 valence electrons. The fourth-order valence-electron chi connectivity index (χ4n) is 1.83. The van der Waals surface area contributed by atoms with Gasteiger partial charge in [-0.1, -0.05) is 23.2 Å². The number of carboxylic acids is 1. The van der Waals surface area contributed by atoms with Crippen molar-refractivity contribution in [2.24, 2.45) is 0 Å². The second-order valence-corrected chi connectivity index (χ2v) is 6.92. The van der Waals surface area contributed by atoms with E-state index >= 15 is 0 Å². The van der Waals surface area contributed by atoms with Gasteiger partial charge in [0.15, 0.2) is 0 Å². The van der Waals surface area contributed by atoms with Crippen LogP contribution in [0.1, 0.15) is 31.2 Å². The maximum atomic E-state index is 11.7. The number of nitrogens with one attached hydrogen (secondary N) is 1. The number of hydrogen-bond donors (Lipinski definition) is 2. The summed E-state index contributed by atoms with van der Waals surface area (Å²) in [5.74, 6) is -1.18. The maximum absolute atomic E-state index is 11.7. The SMILES string of the molecule is O=C(CCCc1cc(Cl)sc1Cl)NC1(C(=O)O)CC1. The van der Waals surface area contributed by atoms with Gasteiger partial charge in [-0.15, -0.1) is 11.3 Å². The highest BCUT2D eigenvalue weighted by molar-refractivity contribution is 7.20. The van der Waals surface area contributed by atoms with Crippen LogP contribution in [-0.4, -0.2) is 22.5 Å². The molecule has 0 bridgehead atoms. The summed E-state index contributed by atoms with van der Waals surface area (Å²) >= 11 is 13.1. The molecule has 1 aliphatic rings. The number of carbonyl (C=O) groups excluding carboxylic acids is 1. The molecule has 4 nitrogen and oxygen atoms in total. The average molecular weight is 322 g/mol. The van der Waals surface area contributed by atoms with Gasteiger partial charge in [0.05, 0.1) is 8.67 Å². The van der Waals surface area contributed by atoms with E-state index in [-0.39, 0.29) is 5.91 Å². The minimum Gasteiger partial charge on any atom is -0.480 e. The van der Waals surface area contributed by atoms with Gasteiger partial charge in [-0.25, -0.2) is 4.79 Å². The molecule has 1 amide bonds. The zero-order valence-electron chi connectivity index (χ0n) is 10.0. The molecule has 0 unspecified atom stereocenters. The van der Waals surface area contributed by atoms with Gasteiger partial charge >= 0.3 is 5.97 Å². The van der Waals surface area contributed by atoms with Crippen molar-refractivity contribution in [2.45, 2.75) is 37.6 Å². The predicted octanol–water partition coefficient (Wildman–Crippen LogP) is 3.11. The van der Waals surface area contributed by atoms with Crippen molar-refractivity contribution in [3.63, 3.8) is 0 Å². The van der Waals surface area contributed by atoms with Gasteiger partial charge in [0.25, 0.3) is 0 Å². The second kappa shape index (κ2) is 5.69. The van der Waals surface area contributed by atoms with E-state index in [1.54, 1.807) is 6.07 Å². The molecule has 0 aromatic carbocycles. The molecular weight excluding hydrogens is 309 g/mol. The molecule has 1 aromatic heterocycles. The predicted molar refractivity (Wildman–Crippen MR) is 75.0 cm³/mol. The molecule has 1 saturated carbocycles. The largest absolute Gasteiger partial charge is 0.480 e. The lowest BCUT2D eigenvalue weighted by Crippen LogP contribution is -2.42. The van der Waals surface area contributed by atoms with Gasteiger partial charge in [-0.05, 0) is 37.3 Å². The Balaban J connectivity index is 1.76. The van der Waals surface area contributed by atoms with E-state index in [1.807, 2.05) is 0 Å². The molecule has 0 aliphatic heterocycles. The Kier molecular flexibility index (Phi) is 4.38. The summed E-state index contributed by atoms with van der Waals surface area (Å²) in [6.45, 7) is 0. The van der Waals surface area contributed by atoms with E-state index in [4.69, 9.17) is 28.3 Å². The Morgan fingerprint density at radius 1 is 1.42 bits per heavy atom. The third-order valence-electron chi connectivity index (χ3n) is 3.12. The fourth-order valence-corrected chi connectivity index (χ4v) is 3.38. The number of thiophene rings is 1. The van der Waals surface area contributed by atoms with Gasteiger partial charge in [0, 0.05) is 6.42 Å². The first-order valence-corrected chi connectivity index (χ1v) is 7.48. The third kappa shape index (κ3) is 3.61. The highest BCUT2D eigenvalue weighted by atomic mass is 35.5. The fraction of sp³-hybridized carbons (Fsp3) is 0.500. The van der Waals surface area contributed by atoms with E-state index in [0.29, 0.717) is 40.8 Å². The van der Waals surface area contributed by atoms with E-state index in [2.05, 4.69) is 5.32 Å². The molecular formula is C12H13Cl2NO3S. The molecule has 1 aromatic rings. The molecule has 19 heavy (non-hydrogen) atoms. The number of halogens is 2. The van der Waals surface area contributed by atoms with Gasteiger partial charge in [0.1, 0.15) is 5.54 Å². The van der Waals surface area contributed by atoms with Crippen molar-refractivity contribution >= 4 is 46.4 Å². The standard InChI is InChI=1S/C12H13Cl2NO3S/c13-8-6-7(10(14)19-8)2-1-3-9(16)15-12(4-5-12)11(17)18/h6H,1-5H2,(H,15,16)(H,17,18). The molecule has 0 radical (unpaired) electrons. The van der Waals surface area contributed by atoms with Crippen LogP contribution in [0.25, 0.3) is 0 Å². The molecule has 0 saturated heterocycles. The number of aryl methyl sites for hydroxylation is 1. The summed E-state index contributed by atoms with van der Waals surface area (Å²) in [4.78, 5) is 22.6. The van der Waals surface area contributed by atoms with Crippen LogP contribution in [0.2, 0.25) is 8.67 Å². The third-order valence-corrected chi connectivity index (χ3v) is 4.68. The summed E-state index contributed by atoms with van der Waals surface area (Å²) in [7, 11) is 0. The van der Waals surface area contributed by atoms with E-state index in [1.165, 1.54) is 11.3 Å². The summed E-state index contributed by atoms with van der Waals surface area (Å²) in [6, 6.07) is 1.80. The Morgan fingerprint density at radius 3 is 2.58 bits per heavy atom. The van der Waals surface area contributed by atoms with Crippen LogP contribution in [-0.2, 0) is 16.0 Å². The van der Waals surface area contributed by atoms with E-state index < -0.39 is 11.5 Å². The van der Waals surface area contributed by atoms with Crippen molar-refractivity contribution in [2.75, 3.05) is 0 Å². The lowest BCUT2D eigenvalue weighted by Gasteiger charge is -2.11. The second-order valence-electron chi connectivity index (χ2n) is 4.64. The molecule has 1 aliphatic carbocycles. The molecule has 1 heterocycles. The quantitative estimate of drug-likeness (QED) is 0.846. The van der Waals surface area contributed by atoms with Gasteiger partial charge in [-0.2, -0.15) is 0 Å². The molecule has 0 atom stereocenters. The minimum atomic E-state index is -1.000. The number of amides is 1. The van der Waals surface area contributed by atoms with Crippen molar-refractivity contribution in [1.29, 1.82) is 0 Å². The van der Waals surface area contributed by atoms with Crippen LogP contribution >= 0.6 is 34.5 Å². The first kappa shape index (κ1) is 14.6. The zero-order valence-corrected chi connectivity index (χ0v) is 12.4. The topological polar surface area (TPSA) is 66.4 Å². The van der Waals surface area contributed by atoms with Gasteiger partial charge in [-0.3, -0.25) is 4.79 Å². The first-order valence-electron chi connectivity index (χ1n) is 5.91. The number of aliphatic carboxylic acids is 1. The van der Waals surface area contributed by atoms with Crippen LogP contribution in [0.5, 0.6) is 0 Å². The number of carbonyl (C=O) groups is 2. The van der Waals surface area contributed by atoms with E-state index in [9.17, 15) is 9.59 Å². The monoisotopic (exact) mass is 321 g/mol. The number of rotatable bonds is 6. The Morgan fingerprint density at radius 2 is 2.11 bits per heavy atom. The summed E-state index contributed by atoms with van der Waals surface area (Å²) in [6.07, 6.45) is 2.60. The van der Waals surface area contributed by atoms with Crippen molar-refractivity contribution in [3.8, 4) is 0 Å². The highest BCUT2D eigenvalue weighted by Crippen LogP contribution is 2.35. The minimum absolute atomic E-state index is 0.225. The number of carboxylic acid groups (broad SMARTS) is 1. The molecule has 7 heteroatoms. The summed E-state index contributed by atoms with van der Waals surface area (Å²) in [5.41, 5.74) is -0.0655. The lowest BCUT2D eigenvalue weighted by atomic mass is 10.1. The average Bonchev–Trinajstić information content (AvgIpc) is 3.01. The van der Waals surface area contributed by atoms with Crippen molar-refractivity contribution < 1.29 is 14.7 Å². The summed E-state index contributed by atoms with van der Waals surface area (Å²) in [5, 5.41) is 11.5. The summed E-state index contributed by atoms with van der Waals surface area (Å²) < 4.78 is 1.28. The van der Waals surface area contributed by atoms with Gasteiger partial charge < -0.3 is 10.4 Å². The van der Waals surface area contributed by atoms with Crippen molar-refractivity contribution in [1.82, 2.24) is 5.32 Å². The normalized spacial score (nSPS) is 16.1. The molecule has 0 spiro atoms. The Labute approximate surface area is 124 Å². The van der Waals surface area contributed by atoms with Crippen molar-refractivity contribution in [3.05, 3.63) is 20.3 Å². The smallest absolute Gasteiger partial charge is 0.329 e. The molecule has 1 fully saturated rings. The molecule has 2 rings (SSSR count). The van der Waals surface area contributed by atoms with Gasteiger partial charge in [0.2, 0.25) is 5.91 Å². The van der Waals surface area contributed by atoms with E-state index in [0.717, 1.165) is 5.56 Å². The lowest BCUT2D eigenvalue weighted by molar-refractivity contribution is -0.143. The van der Waals surface area contributed by atoms with Crippen LogP contribution in [0.15, 0.2) is 6.07 Å². The van der Waals surface area contributed by atoms with Crippen LogP contribution in [0.3, 0.4) is 0 Å². The first-order chi connectivity index (χ1) is 8.93. The Hall–Kier alpha value is -0.780. The number of hydrogen-bond acceptors (Lipinski definition) is 3. The maximum Gasteiger partial charge on any atom is 0.329 e. The van der Waals surface area contributed by atoms with Crippen LogP contribution < -0.4 is 5.32 Å². The molecule has 2 N–H and O–H groups in total. The van der Waals surface area contributed by atoms with Crippen LogP contribution in [0, 0.1) is 0 Å². The van der Waals surface area contributed by atoms with Crippen LogP contribution in [0.4, 0.5) is 0 Å². The highest BCUT2D eigenvalue weighted by Gasteiger charge is 2.51. The Bertz CT molecular complexity index is 511.